The van der Waals surface area contributed by atoms with Gasteiger partial charge in [-0.15, -0.1) is 0 Å². The van der Waals surface area contributed by atoms with Crippen molar-refractivity contribution in [1.82, 2.24) is 25.0 Å². The average molecular weight is 342 g/mol. The molecule has 0 spiro atoms. The smallest absolute Gasteiger partial charge is 0.226 e. The summed E-state index contributed by atoms with van der Waals surface area (Å²) in [7, 11) is 0. The highest BCUT2D eigenvalue weighted by atomic mass is 16.5. The molecule has 0 radical (unpaired) electrons. The summed E-state index contributed by atoms with van der Waals surface area (Å²) in [4.78, 5) is 30.0. The van der Waals surface area contributed by atoms with Crippen LogP contribution in [-0.2, 0) is 4.79 Å². The van der Waals surface area contributed by atoms with Crippen LogP contribution in [0.2, 0.25) is 0 Å². The molecule has 4 heterocycles. The molecule has 2 aromatic heterocycles. The minimum atomic E-state index is -0.0413. The molecule has 2 fully saturated rings. The van der Waals surface area contributed by atoms with Crippen LogP contribution in [0, 0.1) is 12.8 Å². The van der Waals surface area contributed by atoms with Gasteiger partial charge < -0.3 is 14.3 Å². The number of carbonyl (C=O) groups excluding carboxylic acids is 1. The fourth-order valence-electron chi connectivity index (χ4n) is 3.76. The van der Waals surface area contributed by atoms with Crippen LogP contribution in [0.5, 0.6) is 0 Å². The average Bonchev–Trinajstić information content (AvgIpc) is 3.31. The second kappa shape index (κ2) is 6.78. The van der Waals surface area contributed by atoms with Crippen LogP contribution in [0.25, 0.3) is 0 Å². The monoisotopic (exact) mass is 342 g/mol. The quantitative estimate of drug-likeness (QED) is 0.839. The molecule has 4 rings (SSSR count). The van der Waals surface area contributed by atoms with E-state index in [9.17, 15) is 4.79 Å². The molecule has 0 saturated carbocycles. The van der Waals surface area contributed by atoms with E-state index in [4.69, 9.17) is 4.52 Å². The van der Waals surface area contributed by atoms with Crippen LogP contribution in [0.15, 0.2) is 23.0 Å². The molecule has 25 heavy (non-hydrogen) atoms. The number of anilines is 1. The van der Waals surface area contributed by atoms with Crippen LogP contribution in [0.1, 0.15) is 43.4 Å². The van der Waals surface area contributed by atoms with E-state index in [-0.39, 0.29) is 17.9 Å². The molecule has 1 amide bonds. The van der Waals surface area contributed by atoms with E-state index in [1.165, 1.54) is 0 Å². The number of rotatable bonds is 3. The van der Waals surface area contributed by atoms with E-state index in [1.54, 1.807) is 19.3 Å². The third kappa shape index (κ3) is 3.20. The third-order valence-corrected chi connectivity index (χ3v) is 5.06. The summed E-state index contributed by atoms with van der Waals surface area (Å²) in [5.41, 5.74) is 0. The van der Waals surface area contributed by atoms with Crippen LogP contribution in [0.4, 0.5) is 5.95 Å². The predicted molar refractivity (Wildman–Crippen MR) is 89.7 cm³/mol. The molecule has 2 saturated heterocycles. The Morgan fingerprint density at radius 1 is 1.16 bits per heavy atom. The maximum absolute atomic E-state index is 13.0. The number of carbonyl (C=O) groups is 1. The van der Waals surface area contributed by atoms with E-state index < -0.39 is 0 Å². The highest BCUT2D eigenvalue weighted by Crippen LogP contribution is 2.33. The first kappa shape index (κ1) is 16.0. The number of nitrogens with zero attached hydrogens (tertiary/aromatic N) is 6. The summed E-state index contributed by atoms with van der Waals surface area (Å²) < 4.78 is 5.09. The van der Waals surface area contributed by atoms with Crippen molar-refractivity contribution < 1.29 is 9.32 Å². The van der Waals surface area contributed by atoms with E-state index in [0.29, 0.717) is 11.7 Å². The van der Waals surface area contributed by atoms with Gasteiger partial charge in [0.2, 0.25) is 17.7 Å². The summed E-state index contributed by atoms with van der Waals surface area (Å²) in [5.74, 6) is 2.20. The van der Waals surface area contributed by atoms with Gasteiger partial charge in [-0.1, -0.05) is 5.16 Å². The fraction of sp³-hybridized carbons (Fsp3) is 0.588. The molecule has 2 aliphatic heterocycles. The molecule has 0 N–H and O–H groups in total. The molecule has 1 atom stereocenters. The van der Waals surface area contributed by atoms with Gasteiger partial charge in [-0.2, -0.15) is 4.98 Å². The lowest BCUT2D eigenvalue weighted by Crippen LogP contribution is -2.43. The lowest BCUT2D eigenvalue weighted by atomic mass is 9.95. The lowest BCUT2D eigenvalue weighted by Gasteiger charge is -2.34. The molecule has 132 valence electrons. The summed E-state index contributed by atoms with van der Waals surface area (Å²) >= 11 is 0. The molecule has 1 unspecified atom stereocenters. The summed E-state index contributed by atoms with van der Waals surface area (Å²) in [6.07, 6.45) is 7.04. The Labute approximate surface area is 146 Å². The van der Waals surface area contributed by atoms with Crippen molar-refractivity contribution in [2.45, 2.75) is 38.6 Å². The van der Waals surface area contributed by atoms with Crippen LogP contribution in [-0.4, -0.2) is 50.5 Å². The Balaban J connectivity index is 1.40. The molecule has 0 aliphatic carbocycles. The number of hydrogen-bond acceptors (Lipinski definition) is 7. The maximum atomic E-state index is 13.0. The Kier molecular flexibility index (Phi) is 4.33. The fourth-order valence-corrected chi connectivity index (χ4v) is 3.76. The Bertz CT molecular complexity index is 726. The molecule has 0 aromatic carbocycles. The topological polar surface area (TPSA) is 88.3 Å². The Morgan fingerprint density at radius 3 is 2.60 bits per heavy atom. The van der Waals surface area contributed by atoms with E-state index >= 15 is 0 Å². The second-order valence-electron chi connectivity index (χ2n) is 6.67. The van der Waals surface area contributed by atoms with Gasteiger partial charge in [0, 0.05) is 44.9 Å². The molecule has 0 bridgehead atoms. The largest absolute Gasteiger partial charge is 0.341 e. The maximum Gasteiger partial charge on any atom is 0.226 e. The number of amides is 1. The molecule has 8 nitrogen and oxygen atoms in total. The van der Waals surface area contributed by atoms with Crippen LogP contribution >= 0.6 is 0 Å². The highest BCUT2D eigenvalue weighted by molar-refractivity contribution is 5.79. The van der Waals surface area contributed by atoms with E-state index in [2.05, 4.69) is 25.0 Å². The van der Waals surface area contributed by atoms with Gasteiger partial charge in [0.15, 0.2) is 5.82 Å². The number of aryl methyl sites for hydroxylation is 1. The minimum absolute atomic E-state index is 0.0413. The summed E-state index contributed by atoms with van der Waals surface area (Å²) in [5, 5.41) is 4.02. The summed E-state index contributed by atoms with van der Waals surface area (Å²) in [6, 6.07) is 1.77. The molecule has 8 heteroatoms. The van der Waals surface area contributed by atoms with Gasteiger partial charge in [0.1, 0.15) is 0 Å². The molecule has 2 aromatic rings. The van der Waals surface area contributed by atoms with Crippen molar-refractivity contribution in [1.29, 1.82) is 0 Å². The minimum Gasteiger partial charge on any atom is -0.341 e. The Morgan fingerprint density at radius 2 is 1.92 bits per heavy atom. The number of aromatic nitrogens is 4. The van der Waals surface area contributed by atoms with Gasteiger partial charge in [-0.05, 0) is 31.7 Å². The van der Waals surface area contributed by atoms with Crippen molar-refractivity contribution in [3.8, 4) is 0 Å². The second-order valence-corrected chi connectivity index (χ2v) is 6.67. The van der Waals surface area contributed by atoms with E-state index in [0.717, 1.165) is 51.3 Å². The van der Waals surface area contributed by atoms with Crippen LogP contribution < -0.4 is 4.90 Å². The molecule has 2 aliphatic rings. The van der Waals surface area contributed by atoms with Gasteiger partial charge in [0.05, 0.1) is 6.04 Å². The number of likely N-dealkylation sites (tertiary alicyclic amines) is 1. The SMILES string of the molecule is Cc1nc(C2CCCN2C(=O)C2CCN(c3ncccn3)CC2)no1. The summed E-state index contributed by atoms with van der Waals surface area (Å²) in [6.45, 7) is 4.17. The van der Waals surface area contributed by atoms with Gasteiger partial charge in [-0.3, -0.25) is 4.79 Å². The van der Waals surface area contributed by atoms with Crippen LogP contribution in [0.3, 0.4) is 0 Å². The van der Waals surface area contributed by atoms with Crippen molar-refractivity contribution >= 4 is 11.9 Å². The van der Waals surface area contributed by atoms with Crippen molar-refractivity contribution in [2.24, 2.45) is 5.92 Å². The number of hydrogen-bond donors (Lipinski definition) is 0. The zero-order valence-corrected chi connectivity index (χ0v) is 14.3. The van der Waals surface area contributed by atoms with Crippen molar-refractivity contribution in [2.75, 3.05) is 24.5 Å². The first-order valence-corrected chi connectivity index (χ1v) is 8.85. The van der Waals surface area contributed by atoms with Crippen molar-refractivity contribution in [3.63, 3.8) is 0 Å². The predicted octanol–water partition coefficient (Wildman–Crippen LogP) is 1.75. The van der Waals surface area contributed by atoms with E-state index in [1.807, 2.05) is 11.0 Å². The Hall–Kier alpha value is -2.51. The van der Waals surface area contributed by atoms with Crippen molar-refractivity contribution in [3.05, 3.63) is 30.2 Å². The first-order valence-electron chi connectivity index (χ1n) is 8.85. The molecular formula is C17H22N6O2. The lowest BCUT2D eigenvalue weighted by molar-refractivity contribution is -0.137. The zero-order chi connectivity index (χ0) is 17.2. The molecular weight excluding hydrogens is 320 g/mol. The normalized spacial score (nSPS) is 21.7. The third-order valence-electron chi connectivity index (χ3n) is 5.06. The highest BCUT2D eigenvalue weighted by Gasteiger charge is 2.37. The first-order chi connectivity index (χ1) is 12.2. The number of piperidine rings is 1. The van der Waals surface area contributed by atoms with Gasteiger partial charge in [-0.25, -0.2) is 9.97 Å². The standard InChI is InChI=1S/C17H22N6O2/c1-12-20-15(21-25-12)14-4-2-9-23(14)16(24)13-5-10-22(11-6-13)17-18-7-3-8-19-17/h3,7-8,13-14H,2,4-6,9-11H2,1H3. The van der Waals surface area contributed by atoms with Gasteiger partial charge >= 0.3 is 0 Å². The zero-order valence-electron chi connectivity index (χ0n) is 14.3. The van der Waals surface area contributed by atoms with Gasteiger partial charge in [0.25, 0.3) is 0 Å².